The lowest BCUT2D eigenvalue weighted by Gasteiger charge is -2.07. The van der Waals surface area contributed by atoms with Crippen molar-refractivity contribution >= 4 is 5.78 Å². The maximum absolute atomic E-state index is 11.4. The first-order valence-electron chi connectivity index (χ1n) is 5.04. The Morgan fingerprint density at radius 2 is 1.92 bits per heavy atom. The first kappa shape index (κ1) is 8.24. The number of ketones is 1. The zero-order valence-corrected chi connectivity index (χ0v) is 7.68. The van der Waals surface area contributed by atoms with E-state index in [1.54, 1.807) is 0 Å². The molecule has 2 atom stereocenters. The predicted octanol–water partition coefficient (Wildman–Crippen LogP) is 1.21. The molecule has 1 aliphatic carbocycles. The highest BCUT2D eigenvalue weighted by atomic mass is 16.1. The number of rotatable bonds is 2. The molecular weight excluding hydrogens is 150 g/mol. The Morgan fingerprint density at radius 1 is 1.33 bits per heavy atom. The van der Waals surface area contributed by atoms with Crippen LogP contribution in [0.1, 0.15) is 26.2 Å². The quantitative estimate of drug-likeness (QED) is 0.670. The molecule has 0 amide bonds. The Kier molecular flexibility index (Phi) is 2.18. The molecule has 0 aromatic rings. The summed E-state index contributed by atoms with van der Waals surface area (Å²) in [5, 5.41) is 3.39. The molecule has 2 nitrogen and oxygen atoms in total. The second-order valence-corrected chi connectivity index (χ2v) is 4.17. The molecule has 0 radical (unpaired) electrons. The summed E-state index contributed by atoms with van der Waals surface area (Å²) in [6.07, 6.45) is 3.05. The molecule has 12 heavy (non-hydrogen) atoms. The zero-order chi connectivity index (χ0) is 8.55. The molecule has 1 saturated heterocycles. The van der Waals surface area contributed by atoms with E-state index < -0.39 is 0 Å². The first-order chi connectivity index (χ1) is 5.81. The number of Topliss-reactive ketones (excluding diaryl/α,β-unsaturated/α-hetero) is 1. The molecule has 68 valence electrons. The van der Waals surface area contributed by atoms with E-state index in [1.807, 2.05) is 6.92 Å². The number of nitrogens with one attached hydrogen (secondary N) is 1. The number of carbonyl (C=O) groups is 1. The lowest BCUT2D eigenvalue weighted by atomic mass is 9.99. The van der Waals surface area contributed by atoms with Crippen LogP contribution in [0.5, 0.6) is 0 Å². The van der Waals surface area contributed by atoms with Crippen LogP contribution in [-0.2, 0) is 4.79 Å². The molecule has 1 N–H and O–H groups in total. The molecule has 1 aliphatic heterocycles. The summed E-state index contributed by atoms with van der Waals surface area (Å²) < 4.78 is 0. The molecule has 2 fully saturated rings. The highest BCUT2D eigenvalue weighted by Crippen LogP contribution is 2.39. The van der Waals surface area contributed by atoms with E-state index in [4.69, 9.17) is 0 Å². The van der Waals surface area contributed by atoms with Gasteiger partial charge in [0.2, 0.25) is 0 Å². The second-order valence-electron chi connectivity index (χ2n) is 4.17. The third-order valence-electron chi connectivity index (χ3n) is 3.46. The summed E-state index contributed by atoms with van der Waals surface area (Å²) in [5.41, 5.74) is 0. The molecule has 0 bridgehead atoms. The number of carbonyl (C=O) groups excluding carboxylic acids is 1. The Morgan fingerprint density at radius 3 is 2.42 bits per heavy atom. The van der Waals surface area contributed by atoms with Gasteiger partial charge in [0.1, 0.15) is 5.78 Å². The highest BCUT2D eigenvalue weighted by Gasteiger charge is 2.39. The van der Waals surface area contributed by atoms with Gasteiger partial charge in [-0.05, 0) is 37.8 Å². The normalized spacial score (nSPS) is 39.9. The van der Waals surface area contributed by atoms with Crippen LogP contribution >= 0.6 is 0 Å². The monoisotopic (exact) mass is 167 g/mol. The van der Waals surface area contributed by atoms with Gasteiger partial charge in [-0.15, -0.1) is 0 Å². The molecule has 0 aromatic carbocycles. The van der Waals surface area contributed by atoms with Crippen molar-refractivity contribution in [3.8, 4) is 0 Å². The molecule has 0 spiro atoms. The van der Waals surface area contributed by atoms with Gasteiger partial charge in [0.25, 0.3) is 0 Å². The van der Waals surface area contributed by atoms with E-state index in [0.717, 1.165) is 44.2 Å². The zero-order valence-electron chi connectivity index (χ0n) is 7.68. The Balaban J connectivity index is 1.94. The van der Waals surface area contributed by atoms with Crippen molar-refractivity contribution in [2.45, 2.75) is 26.2 Å². The van der Waals surface area contributed by atoms with Gasteiger partial charge in [-0.25, -0.2) is 0 Å². The van der Waals surface area contributed by atoms with Crippen molar-refractivity contribution in [3.63, 3.8) is 0 Å². The van der Waals surface area contributed by atoms with E-state index >= 15 is 0 Å². The lowest BCUT2D eigenvalue weighted by molar-refractivity contribution is -0.122. The average Bonchev–Trinajstić information content (AvgIpc) is 2.60. The summed E-state index contributed by atoms with van der Waals surface area (Å²) in [6, 6.07) is 0. The van der Waals surface area contributed by atoms with Crippen molar-refractivity contribution in [2.24, 2.45) is 17.8 Å². The van der Waals surface area contributed by atoms with Crippen LogP contribution in [0.15, 0.2) is 0 Å². The van der Waals surface area contributed by atoms with Crippen LogP contribution in [0.3, 0.4) is 0 Å². The van der Waals surface area contributed by atoms with Crippen LogP contribution in [0.4, 0.5) is 0 Å². The van der Waals surface area contributed by atoms with Crippen LogP contribution in [0.2, 0.25) is 0 Å². The number of fused-ring (bicyclic) bond motifs is 1. The maximum Gasteiger partial charge on any atom is 0.135 e. The number of hydrogen-bond acceptors (Lipinski definition) is 2. The predicted molar refractivity (Wildman–Crippen MR) is 47.9 cm³/mol. The Labute approximate surface area is 73.7 Å². The minimum absolute atomic E-state index is 0.409. The largest absolute Gasteiger partial charge is 0.316 e. The third-order valence-corrected chi connectivity index (χ3v) is 3.46. The van der Waals surface area contributed by atoms with Gasteiger partial charge < -0.3 is 5.32 Å². The fourth-order valence-electron chi connectivity index (χ4n) is 2.72. The van der Waals surface area contributed by atoms with Gasteiger partial charge in [0.15, 0.2) is 0 Å². The molecule has 1 saturated carbocycles. The molecule has 2 aliphatic rings. The van der Waals surface area contributed by atoms with Crippen LogP contribution < -0.4 is 5.32 Å². The minimum Gasteiger partial charge on any atom is -0.316 e. The SMILES string of the molecule is CCC(=O)C1CC2CNCC2C1. The summed E-state index contributed by atoms with van der Waals surface area (Å²) in [6.45, 7) is 4.28. The smallest absolute Gasteiger partial charge is 0.135 e. The topological polar surface area (TPSA) is 29.1 Å². The van der Waals surface area contributed by atoms with Crippen molar-refractivity contribution in [1.29, 1.82) is 0 Å². The Bertz CT molecular complexity index is 178. The van der Waals surface area contributed by atoms with Crippen molar-refractivity contribution in [1.82, 2.24) is 5.32 Å². The van der Waals surface area contributed by atoms with E-state index in [2.05, 4.69) is 5.32 Å². The molecule has 2 unspecified atom stereocenters. The maximum atomic E-state index is 11.4. The molecule has 2 heteroatoms. The van der Waals surface area contributed by atoms with Gasteiger partial charge >= 0.3 is 0 Å². The summed E-state index contributed by atoms with van der Waals surface area (Å²) >= 11 is 0. The van der Waals surface area contributed by atoms with Gasteiger partial charge in [-0.1, -0.05) is 6.92 Å². The van der Waals surface area contributed by atoms with E-state index in [-0.39, 0.29) is 0 Å². The van der Waals surface area contributed by atoms with Crippen molar-refractivity contribution in [2.75, 3.05) is 13.1 Å². The standard InChI is InChI=1S/C10H17NO/c1-2-10(12)7-3-8-5-11-6-9(8)4-7/h7-9,11H,2-6H2,1H3. The first-order valence-corrected chi connectivity index (χ1v) is 5.04. The average molecular weight is 167 g/mol. The van der Waals surface area contributed by atoms with Crippen molar-refractivity contribution < 1.29 is 4.79 Å². The molecule has 0 aromatic heterocycles. The Hall–Kier alpha value is -0.370. The highest BCUT2D eigenvalue weighted by molar-refractivity contribution is 5.81. The molecule has 2 rings (SSSR count). The van der Waals surface area contributed by atoms with E-state index in [9.17, 15) is 4.79 Å². The van der Waals surface area contributed by atoms with Crippen molar-refractivity contribution in [3.05, 3.63) is 0 Å². The summed E-state index contributed by atoms with van der Waals surface area (Å²) in [5.74, 6) is 2.52. The van der Waals surface area contributed by atoms with Crippen LogP contribution in [-0.4, -0.2) is 18.9 Å². The molecule has 1 heterocycles. The van der Waals surface area contributed by atoms with Gasteiger partial charge in [-0.3, -0.25) is 4.79 Å². The molecular formula is C10H17NO. The third kappa shape index (κ3) is 1.28. The fourth-order valence-corrected chi connectivity index (χ4v) is 2.72. The van der Waals surface area contributed by atoms with E-state index in [1.165, 1.54) is 0 Å². The number of hydrogen-bond donors (Lipinski definition) is 1. The van der Waals surface area contributed by atoms with Gasteiger partial charge in [0, 0.05) is 12.3 Å². The van der Waals surface area contributed by atoms with Crippen LogP contribution in [0.25, 0.3) is 0 Å². The van der Waals surface area contributed by atoms with E-state index in [0.29, 0.717) is 11.7 Å². The fraction of sp³-hybridized carbons (Fsp3) is 0.900. The summed E-state index contributed by atoms with van der Waals surface area (Å²) in [7, 11) is 0. The van der Waals surface area contributed by atoms with Gasteiger partial charge in [-0.2, -0.15) is 0 Å². The summed E-state index contributed by atoms with van der Waals surface area (Å²) in [4.78, 5) is 11.4. The second kappa shape index (κ2) is 3.17. The van der Waals surface area contributed by atoms with Gasteiger partial charge in [0.05, 0.1) is 0 Å². The van der Waals surface area contributed by atoms with Crippen LogP contribution in [0, 0.1) is 17.8 Å². The lowest BCUT2D eigenvalue weighted by Crippen LogP contribution is -2.16. The minimum atomic E-state index is 0.409.